The second kappa shape index (κ2) is 23.8. The molecule has 418 valence electrons. The number of hydrogen-bond donors (Lipinski definition) is 6. The Morgan fingerprint density at radius 2 is 0.887 bits per heavy atom. The van der Waals surface area contributed by atoms with E-state index in [9.17, 15) is 28.8 Å². The third kappa shape index (κ3) is 12.3. The summed E-state index contributed by atoms with van der Waals surface area (Å²) in [7, 11) is 3.38. The van der Waals surface area contributed by atoms with Crippen LogP contribution in [-0.4, -0.2) is 119 Å². The zero-order valence-electron chi connectivity index (χ0n) is 47.0. The number of carbonyl (C=O) groups excluding carboxylic acids is 6. The topological polar surface area (TPSA) is 207 Å². The van der Waals surface area contributed by atoms with Crippen LogP contribution < -0.4 is 31.9 Å². The van der Waals surface area contributed by atoms with E-state index >= 15 is 0 Å². The molecule has 0 spiro atoms. The van der Waals surface area contributed by atoms with E-state index in [4.69, 9.17) is 9.97 Å². The molecule has 80 heavy (non-hydrogen) atoms. The Bertz CT molecular complexity index is 3200. The number of hydrogen-bond acceptors (Lipinski definition) is 12. The standard InChI is InChI=1S/C62H72N10O6S2/c1-35(63-9)53(73)69-51(61(3,4)5)59(77)71-31-41(29-49(71)57-67-47(33-79-57)45-23-15-19-37-17-11-13-21-43(37)45)65-55(75)39-25-27-40(28-26-39)56(76)66-42-30-50(72(32-42)60(78)52(62(6,7)8)70-54(74)36(2)64-10)58-68-48(34-80-58)46-24-16-20-38-18-12-14-22-44(38)46/h11-28,33-36,41-42,49-52,63-64H,29-32H2,1-10H3,(H,65,75)(H,66,76)(H,69,73)(H,70,74)/t35-,36-,41-,42-,49-,50-,51+,52+/m0/s1. The van der Waals surface area contributed by atoms with Gasteiger partial charge in [-0.25, -0.2) is 9.97 Å². The summed E-state index contributed by atoms with van der Waals surface area (Å²) >= 11 is 2.92. The van der Waals surface area contributed by atoms with Crippen molar-refractivity contribution in [2.24, 2.45) is 10.8 Å². The van der Waals surface area contributed by atoms with Gasteiger partial charge in [-0.1, -0.05) is 126 Å². The van der Waals surface area contributed by atoms with Crippen molar-refractivity contribution >= 4 is 79.7 Å². The fraction of sp³-hybridized carbons (Fsp3) is 0.387. The number of benzene rings is 5. The molecule has 2 aliphatic rings. The van der Waals surface area contributed by atoms with Crippen LogP contribution in [0, 0.1) is 10.8 Å². The minimum atomic E-state index is -0.876. The molecular weight excluding hydrogens is 1040 g/mol. The highest BCUT2D eigenvalue weighted by atomic mass is 32.1. The van der Waals surface area contributed by atoms with Crippen LogP contribution >= 0.6 is 22.7 Å². The molecule has 2 fully saturated rings. The van der Waals surface area contributed by atoms with Gasteiger partial charge >= 0.3 is 0 Å². The molecule has 2 saturated heterocycles. The van der Waals surface area contributed by atoms with E-state index in [0.717, 1.165) is 44.1 Å². The highest BCUT2D eigenvalue weighted by Crippen LogP contribution is 2.41. The van der Waals surface area contributed by atoms with Crippen molar-refractivity contribution in [1.82, 2.24) is 51.7 Å². The number of carbonyl (C=O) groups is 6. The summed E-state index contributed by atoms with van der Waals surface area (Å²) < 4.78 is 0. The van der Waals surface area contributed by atoms with Gasteiger partial charge in [-0.2, -0.15) is 0 Å². The molecule has 18 heteroatoms. The van der Waals surface area contributed by atoms with Crippen LogP contribution in [0.15, 0.2) is 120 Å². The number of likely N-dealkylation sites (tertiary alicyclic amines) is 2. The molecule has 8 atom stereocenters. The number of amides is 6. The lowest BCUT2D eigenvalue weighted by Gasteiger charge is -2.36. The highest BCUT2D eigenvalue weighted by Gasteiger charge is 2.46. The lowest BCUT2D eigenvalue weighted by atomic mass is 9.85. The van der Waals surface area contributed by atoms with Gasteiger partial charge in [-0.15, -0.1) is 22.7 Å². The average Bonchev–Trinajstić information content (AvgIpc) is 4.37. The van der Waals surface area contributed by atoms with Crippen molar-refractivity contribution in [3.05, 3.63) is 141 Å². The Morgan fingerprint density at radius 3 is 1.25 bits per heavy atom. The second-order valence-corrected chi connectivity index (χ2v) is 25.0. The van der Waals surface area contributed by atoms with E-state index in [1.807, 2.05) is 101 Å². The Balaban J connectivity index is 0.928. The van der Waals surface area contributed by atoms with Crippen LogP contribution in [0.4, 0.5) is 0 Å². The van der Waals surface area contributed by atoms with Crippen LogP contribution in [0.2, 0.25) is 0 Å². The molecule has 5 aromatic carbocycles. The molecule has 4 heterocycles. The Morgan fingerprint density at radius 1 is 0.525 bits per heavy atom. The quantitative estimate of drug-likeness (QED) is 0.0543. The number of likely N-dealkylation sites (N-methyl/N-ethyl adjacent to an activating group) is 2. The van der Waals surface area contributed by atoms with Crippen LogP contribution in [0.1, 0.15) is 111 Å². The minimum Gasteiger partial charge on any atom is -0.347 e. The third-order valence-electron chi connectivity index (χ3n) is 15.4. The zero-order valence-corrected chi connectivity index (χ0v) is 48.7. The summed E-state index contributed by atoms with van der Waals surface area (Å²) in [5.41, 5.74) is 2.85. The monoisotopic (exact) mass is 1120 g/mol. The lowest BCUT2D eigenvalue weighted by Crippen LogP contribution is -2.57. The van der Waals surface area contributed by atoms with Gasteiger partial charge in [0.1, 0.15) is 22.1 Å². The number of rotatable bonds is 16. The molecule has 0 radical (unpaired) electrons. The van der Waals surface area contributed by atoms with Crippen molar-refractivity contribution in [1.29, 1.82) is 0 Å². The van der Waals surface area contributed by atoms with Crippen molar-refractivity contribution < 1.29 is 28.8 Å². The second-order valence-electron chi connectivity index (χ2n) is 23.2. The molecular formula is C62H72N10O6S2. The van der Waals surface area contributed by atoms with Crippen LogP contribution in [0.3, 0.4) is 0 Å². The van der Waals surface area contributed by atoms with Gasteiger partial charge in [0, 0.05) is 58.2 Å². The van der Waals surface area contributed by atoms with Gasteiger partial charge in [0.05, 0.1) is 35.6 Å². The molecule has 6 amide bonds. The fourth-order valence-corrected chi connectivity index (χ4v) is 12.5. The molecule has 0 saturated carbocycles. The van der Waals surface area contributed by atoms with Crippen molar-refractivity contribution in [2.75, 3.05) is 27.2 Å². The lowest BCUT2D eigenvalue weighted by molar-refractivity contribution is -0.140. The summed E-state index contributed by atoms with van der Waals surface area (Å²) in [6.07, 6.45) is 0.757. The molecule has 0 bridgehead atoms. The molecule has 0 aliphatic carbocycles. The molecule has 2 aliphatic heterocycles. The molecule has 6 N–H and O–H groups in total. The predicted molar refractivity (Wildman–Crippen MR) is 317 cm³/mol. The third-order valence-corrected chi connectivity index (χ3v) is 17.3. The molecule has 2 aromatic heterocycles. The van der Waals surface area contributed by atoms with E-state index in [0.29, 0.717) is 34.0 Å². The van der Waals surface area contributed by atoms with Gasteiger partial charge in [0.25, 0.3) is 11.8 Å². The number of nitrogens with one attached hydrogen (secondary N) is 6. The number of nitrogens with zero attached hydrogens (tertiary/aromatic N) is 4. The number of aromatic nitrogens is 2. The van der Waals surface area contributed by atoms with Gasteiger partial charge < -0.3 is 41.7 Å². The van der Waals surface area contributed by atoms with Gasteiger partial charge in [0.2, 0.25) is 23.6 Å². The smallest absolute Gasteiger partial charge is 0.251 e. The highest BCUT2D eigenvalue weighted by molar-refractivity contribution is 7.10. The van der Waals surface area contributed by atoms with Crippen molar-refractivity contribution in [2.45, 2.75) is 117 Å². The summed E-state index contributed by atoms with van der Waals surface area (Å²) in [6.45, 7) is 15.3. The van der Waals surface area contributed by atoms with E-state index in [1.165, 1.54) is 22.7 Å². The molecule has 7 aromatic rings. The maximum atomic E-state index is 14.9. The summed E-state index contributed by atoms with van der Waals surface area (Å²) in [5.74, 6) is -1.90. The first-order valence-corrected chi connectivity index (χ1v) is 29.0. The maximum Gasteiger partial charge on any atom is 0.251 e. The number of fused-ring (bicyclic) bond motifs is 2. The molecule has 0 unspecified atom stereocenters. The van der Waals surface area contributed by atoms with Crippen LogP contribution in [-0.2, 0) is 19.2 Å². The van der Waals surface area contributed by atoms with Gasteiger partial charge in [0.15, 0.2) is 0 Å². The number of thiazole rings is 2. The van der Waals surface area contributed by atoms with E-state index < -0.39 is 59.2 Å². The predicted octanol–water partition coefficient (Wildman–Crippen LogP) is 8.66. The Hall–Kier alpha value is -7.38. The van der Waals surface area contributed by atoms with Crippen molar-refractivity contribution in [3.63, 3.8) is 0 Å². The fourth-order valence-electron chi connectivity index (χ4n) is 10.6. The molecule has 9 rings (SSSR count). The first kappa shape index (κ1) is 57.3. The van der Waals surface area contributed by atoms with E-state index in [1.54, 1.807) is 62.0 Å². The largest absolute Gasteiger partial charge is 0.347 e. The first-order valence-electron chi connectivity index (χ1n) is 27.3. The van der Waals surface area contributed by atoms with Crippen molar-refractivity contribution in [3.8, 4) is 22.5 Å². The summed E-state index contributed by atoms with van der Waals surface area (Å²) in [5, 5.41) is 28.0. The van der Waals surface area contributed by atoms with E-state index in [2.05, 4.69) is 68.3 Å². The van der Waals surface area contributed by atoms with Crippen LogP contribution in [0.25, 0.3) is 44.1 Å². The normalized spacial score (nSPS) is 19.1. The molecule has 16 nitrogen and oxygen atoms in total. The van der Waals surface area contributed by atoms with Gasteiger partial charge in [-0.3, -0.25) is 28.8 Å². The average molecular weight is 1120 g/mol. The Kier molecular flexibility index (Phi) is 17.0. The summed E-state index contributed by atoms with van der Waals surface area (Å²) in [6, 6.07) is 30.1. The van der Waals surface area contributed by atoms with Gasteiger partial charge in [-0.05, 0) is 97.4 Å². The first-order chi connectivity index (χ1) is 38.1. The minimum absolute atomic E-state index is 0.175. The Labute approximate surface area is 475 Å². The zero-order chi connectivity index (χ0) is 57.2. The SMILES string of the molecule is CN[C@@H](C)C(=O)N[C@H](C(=O)N1C[C@@H](NC(=O)c2ccc(C(=O)N[C@H]3C[C@@H](c4nc(-c5cccc6ccccc56)cs4)N(C(=O)[C@@H](NC(=O)[C@H](C)NC)C(C)(C)C)C3)cc2)C[C@H]1c1nc(-c2cccc3ccccc23)cs1)C(C)(C)C. The van der Waals surface area contributed by atoms with E-state index in [-0.39, 0.29) is 48.5 Å². The van der Waals surface area contributed by atoms with Crippen LogP contribution in [0.5, 0.6) is 0 Å². The summed E-state index contributed by atoms with van der Waals surface area (Å²) in [4.78, 5) is 98.4. The maximum absolute atomic E-state index is 14.9.